The second-order valence-electron chi connectivity index (χ2n) is 18.5. The summed E-state index contributed by atoms with van der Waals surface area (Å²) in [5.41, 5.74) is 22.0. The van der Waals surface area contributed by atoms with Crippen molar-refractivity contribution in [2.75, 3.05) is 0 Å². The summed E-state index contributed by atoms with van der Waals surface area (Å²) in [5.74, 6) is 0. The average Bonchev–Trinajstić information content (AvgIpc) is 4.22. The third-order valence-electron chi connectivity index (χ3n) is 14.5. The van der Waals surface area contributed by atoms with Crippen LogP contribution < -0.4 is 0 Å². The van der Waals surface area contributed by atoms with Crippen LogP contribution in [0, 0.1) is 27.7 Å². The highest BCUT2D eigenvalue weighted by atomic mass is 32.1. The summed E-state index contributed by atoms with van der Waals surface area (Å²) in [7, 11) is 0. The molecule has 0 N–H and O–H groups in total. The topological polar surface area (TPSA) is 51.6 Å². The first-order chi connectivity index (χ1) is 33.7. The highest BCUT2D eigenvalue weighted by Gasteiger charge is 2.53. The molecule has 0 fully saturated rings. The van der Waals surface area contributed by atoms with E-state index in [1.165, 1.54) is 118 Å². The summed E-state index contributed by atoms with van der Waals surface area (Å²) in [6.07, 6.45) is 0. The van der Waals surface area contributed by atoms with Gasteiger partial charge in [0.15, 0.2) is 19.3 Å². The van der Waals surface area contributed by atoms with E-state index in [-0.39, 0.29) is 0 Å². The molecule has 13 aromatic rings. The van der Waals surface area contributed by atoms with Crippen LogP contribution in [0.4, 0.5) is 0 Å². The monoisotopic (exact) mass is 1010 g/mol. The van der Waals surface area contributed by atoms with Crippen molar-refractivity contribution in [3.8, 4) is 41.3 Å². The Bertz CT molecular complexity index is 4080. The van der Waals surface area contributed by atoms with Gasteiger partial charge in [0, 0.05) is 19.8 Å². The van der Waals surface area contributed by atoms with Crippen molar-refractivity contribution in [2.24, 2.45) is 0 Å². The van der Waals surface area contributed by atoms with Gasteiger partial charge in [0.25, 0.3) is 0 Å². The zero-order valence-electron chi connectivity index (χ0n) is 37.5. The Labute approximate surface area is 425 Å². The normalized spacial score (nSPS) is 14.3. The number of hydrogen-bond acceptors (Lipinski definition) is 11. The molecule has 0 unspecified atom stereocenters. The van der Waals surface area contributed by atoms with Crippen LogP contribution in [0.25, 0.3) is 80.1 Å². The summed E-state index contributed by atoms with van der Waals surface area (Å²) in [6.45, 7) is 8.78. The lowest BCUT2D eigenvalue weighted by Crippen LogP contribution is -2.30. The van der Waals surface area contributed by atoms with Crippen LogP contribution in [0.2, 0.25) is 0 Å². The Kier molecular flexibility index (Phi) is 8.73. The molecule has 0 aliphatic heterocycles. The van der Waals surface area contributed by atoms with Crippen LogP contribution >= 0.6 is 79.4 Å². The summed E-state index contributed by atoms with van der Waals surface area (Å²) in [5, 5.41) is 3.32. The molecule has 0 bridgehead atoms. The molecular formula is C58H36N4S7. The van der Waals surface area contributed by atoms with Crippen molar-refractivity contribution in [3.63, 3.8) is 0 Å². The molecule has 0 radical (unpaired) electrons. The fourth-order valence-electron chi connectivity index (χ4n) is 11.3. The van der Waals surface area contributed by atoms with Crippen LogP contribution in [0.1, 0.15) is 66.8 Å². The maximum absolute atomic E-state index is 5.10. The zero-order valence-corrected chi connectivity index (χ0v) is 43.2. The van der Waals surface area contributed by atoms with E-state index >= 15 is 0 Å². The van der Waals surface area contributed by atoms with Gasteiger partial charge >= 0.3 is 0 Å². The summed E-state index contributed by atoms with van der Waals surface area (Å²) in [6, 6.07) is 52.6. The minimum atomic E-state index is -0.600. The highest BCUT2D eigenvalue weighted by Crippen LogP contribution is 2.66. The molecule has 7 heterocycles. The number of fused-ring (bicyclic) bond motifs is 11. The van der Waals surface area contributed by atoms with Crippen molar-refractivity contribution in [3.05, 3.63) is 211 Å². The van der Waals surface area contributed by atoms with Crippen molar-refractivity contribution < 1.29 is 0 Å². The Morgan fingerprint density at radius 2 is 0.855 bits per heavy atom. The number of rotatable bonds is 6. The predicted octanol–water partition coefficient (Wildman–Crippen LogP) is 17.6. The van der Waals surface area contributed by atoms with E-state index in [1.807, 2.05) is 45.0 Å². The number of nitrogens with zero attached hydrogens (tertiary/aromatic N) is 4. The van der Waals surface area contributed by atoms with Crippen molar-refractivity contribution in [1.29, 1.82) is 0 Å². The molecule has 2 aliphatic rings. The van der Waals surface area contributed by atoms with Gasteiger partial charge in [-0.2, -0.15) is 0 Å². The molecule has 330 valence electrons. The number of aromatic nitrogens is 4. The lowest BCUT2D eigenvalue weighted by molar-refractivity contribution is 0.762. The molecule has 6 aromatic carbocycles. The van der Waals surface area contributed by atoms with Gasteiger partial charge in [-0.25, -0.2) is 19.9 Å². The van der Waals surface area contributed by atoms with Gasteiger partial charge in [0.1, 0.15) is 10.0 Å². The van der Waals surface area contributed by atoms with E-state index < -0.39 is 10.8 Å². The minimum Gasteiger partial charge on any atom is -0.232 e. The van der Waals surface area contributed by atoms with E-state index in [9.17, 15) is 0 Å². The molecule has 7 aromatic heterocycles. The Morgan fingerprint density at radius 1 is 0.391 bits per heavy atom. The lowest BCUT2D eigenvalue weighted by atomic mass is 9.65. The quantitative estimate of drug-likeness (QED) is 0.167. The predicted molar refractivity (Wildman–Crippen MR) is 297 cm³/mol. The van der Waals surface area contributed by atoms with Crippen LogP contribution in [-0.2, 0) is 10.8 Å². The first-order valence-electron chi connectivity index (χ1n) is 22.8. The van der Waals surface area contributed by atoms with Crippen LogP contribution in [-0.4, -0.2) is 19.9 Å². The first kappa shape index (κ1) is 40.8. The van der Waals surface area contributed by atoms with Gasteiger partial charge in [-0.3, -0.25) is 0 Å². The second-order valence-corrected chi connectivity index (χ2v) is 25.3. The SMILES string of the molecule is Cc1ccc(C2(c3ccc(C)cc3)c3cc4c(cc3-c3cc5cc(-c6nc7scnc7s6)sc5cc32)C(c2ccc(C)cc2)(c2ccc(C)cc2)c2c-4sc3cc(-c4nc5scnc5s4)sc23)cc1. The van der Waals surface area contributed by atoms with Gasteiger partial charge in [0.2, 0.25) is 0 Å². The number of benzene rings is 6. The minimum absolute atomic E-state index is 0.597. The molecular weight excluding hydrogens is 977 g/mol. The van der Waals surface area contributed by atoms with E-state index in [1.54, 1.807) is 45.3 Å². The van der Waals surface area contributed by atoms with Crippen molar-refractivity contribution >= 4 is 118 Å². The van der Waals surface area contributed by atoms with Gasteiger partial charge < -0.3 is 0 Å². The van der Waals surface area contributed by atoms with E-state index in [2.05, 4.69) is 171 Å². The molecule has 0 spiro atoms. The maximum Gasteiger partial charge on any atom is 0.155 e. The molecule has 15 rings (SSSR count). The van der Waals surface area contributed by atoms with E-state index in [0.29, 0.717) is 0 Å². The smallest absolute Gasteiger partial charge is 0.155 e. The van der Waals surface area contributed by atoms with Gasteiger partial charge in [-0.1, -0.05) is 142 Å². The van der Waals surface area contributed by atoms with Crippen LogP contribution in [0.3, 0.4) is 0 Å². The van der Waals surface area contributed by atoms with Gasteiger partial charge in [0.05, 0.1) is 36.3 Å². The number of hydrogen-bond donors (Lipinski definition) is 0. The van der Waals surface area contributed by atoms with Crippen molar-refractivity contribution in [1.82, 2.24) is 19.9 Å². The molecule has 0 atom stereocenters. The van der Waals surface area contributed by atoms with E-state index in [4.69, 9.17) is 9.97 Å². The highest BCUT2D eigenvalue weighted by molar-refractivity contribution is 7.34. The van der Waals surface area contributed by atoms with Crippen molar-refractivity contribution in [2.45, 2.75) is 38.5 Å². The number of thiazole rings is 4. The Hall–Kier alpha value is -6.02. The fraction of sp³-hybridized carbons (Fsp3) is 0.103. The summed E-state index contributed by atoms with van der Waals surface area (Å²) in [4.78, 5) is 27.2. The molecule has 4 nitrogen and oxygen atoms in total. The molecule has 69 heavy (non-hydrogen) atoms. The standard InChI is InChI=1S/C58H36N4S7/c1-29-5-13-34(14-6-29)57(35-15-7-30(2)8-16-35)41-24-40-42(23-39(41)38-21-33-22-46(65-44(33)25-43(38)57)51-61-55-53(68-51)59-27-63-55)58(36-17-9-31(3)10-18-36,37-19-11-32(4)12-20-37)48-49(40)66-45-26-47(67-50(45)48)52-62-56-54(69-52)60-28-64-56/h5-28H,1-4H3. The molecule has 0 saturated carbocycles. The third-order valence-corrected chi connectivity index (χ3v) is 22.0. The summed E-state index contributed by atoms with van der Waals surface area (Å²) < 4.78 is 3.91. The largest absolute Gasteiger partial charge is 0.232 e. The fourth-order valence-corrected chi connectivity index (χ4v) is 18.8. The average molecular weight is 1010 g/mol. The van der Waals surface area contributed by atoms with Crippen LogP contribution in [0.15, 0.2) is 144 Å². The first-order valence-corrected chi connectivity index (χ1v) is 28.6. The Morgan fingerprint density at radius 3 is 1.39 bits per heavy atom. The Balaban J connectivity index is 1.07. The third kappa shape index (κ3) is 5.69. The molecule has 0 amide bonds. The number of thiophene rings is 3. The molecule has 0 saturated heterocycles. The van der Waals surface area contributed by atoms with Gasteiger partial charge in [-0.15, -0.1) is 56.7 Å². The second kappa shape index (κ2) is 14.8. The van der Waals surface area contributed by atoms with Crippen LogP contribution in [0.5, 0.6) is 0 Å². The maximum atomic E-state index is 5.10. The lowest BCUT2D eigenvalue weighted by Gasteiger charge is -2.35. The molecule has 11 heteroatoms. The number of aryl methyl sites for hydroxylation is 4. The molecule has 2 aliphatic carbocycles. The van der Waals surface area contributed by atoms with E-state index in [0.717, 1.165) is 29.3 Å². The summed E-state index contributed by atoms with van der Waals surface area (Å²) >= 11 is 12.3. The zero-order chi connectivity index (χ0) is 45.9. The van der Waals surface area contributed by atoms with Gasteiger partial charge in [-0.05, 0) is 125 Å².